The molecule has 1 aliphatic rings. The average Bonchev–Trinajstić information content (AvgIpc) is 3.06. The molecule has 2 N–H and O–H groups in total. The van der Waals surface area contributed by atoms with Crippen molar-refractivity contribution in [2.75, 3.05) is 13.2 Å². The van der Waals surface area contributed by atoms with Crippen LogP contribution in [0, 0.1) is 5.41 Å². The van der Waals surface area contributed by atoms with E-state index >= 15 is 0 Å². The van der Waals surface area contributed by atoms with Crippen LogP contribution in [0.1, 0.15) is 58.6 Å². The zero-order valence-corrected chi connectivity index (χ0v) is 20.7. The first kappa shape index (κ1) is 25.3. The van der Waals surface area contributed by atoms with Crippen LogP contribution in [0.3, 0.4) is 0 Å². The lowest BCUT2D eigenvalue weighted by Gasteiger charge is -2.40. The molecule has 0 aliphatic heterocycles. The number of ether oxygens (including phenoxy) is 1. The highest BCUT2D eigenvalue weighted by molar-refractivity contribution is 5.89. The molecule has 0 spiro atoms. The van der Waals surface area contributed by atoms with Crippen LogP contribution in [0.2, 0.25) is 0 Å². The van der Waals surface area contributed by atoms with Crippen molar-refractivity contribution in [1.82, 2.24) is 10.2 Å². The second-order valence-electron chi connectivity index (χ2n) is 10.8. The number of amides is 2. The van der Waals surface area contributed by atoms with E-state index in [1.165, 1.54) is 4.90 Å². The molecule has 0 bridgehead atoms. The highest BCUT2D eigenvalue weighted by atomic mass is 16.5. The van der Waals surface area contributed by atoms with Gasteiger partial charge in [-0.05, 0) is 48.4 Å². The van der Waals surface area contributed by atoms with Crippen molar-refractivity contribution in [2.45, 2.75) is 59.0 Å². The van der Waals surface area contributed by atoms with E-state index in [1.807, 2.05) is 57.2 Å². The van der Waals surface area contributed by atoms with Gasteiger partial charge in [-0.15, -0.1) is 0 Å². The summed E-state index contributed by atoms with van der Waals surface area (Å²) in [5.74, 6) is -1.67. The van der Waals surface area contributed by atoms with E-state index in [1.54, 1.807) is 20.8 Å². The van der Waals surface area contributed by atoms with Crippen LogP contribution in [-0.4, -0.2) is 52.7 Å². The Balaban J connectivity index is 1.76. The van der Waals surface area contributed by atoms with E-state index in [4.69, 9.17) is 4.74 Å². The molecule has 7 heteroatoms. The van der Waals surface area contributed by atoms with Gasteiger partial charge in [0.25, 0.3) is 0 Å². The molecule has 34 heavy (non-hydrogen) atoms. The number of nitrogens with zero attached hydrogens (tertiary/aromatic N) is 1. The molecule has 0 aromatic heterocycles. The summed E-state index contributed by atoms with van der Waals surface area (Å²) in [6, 6.07) is 15.2. The third-order valence-electron chi connectivity index (χ3n) is 6.09. The number of rotatable bonds is 6. The summed E-state index contributed by atoms with van der Waals surface area (Å²) in [5, 5.41) is 12.0. The minimum atomic E-state index is -1.11. The van der Waals surface area contributed by atoms with Gasteiger partial charge in [0, 0.05) is 11.5 Å². The highest BCUT2D eigenvalue weighted by Crippen LogP contribution is 2.44. The molecule has 1 aliphatic carbocycles. The molecule has 3 rings (SSSR count). The number of carbonyl (C=O) groups excluding carboxylic acids is 2. The van der Waals surface area contributed by atoms with Crippen molar-refractivity contribution in [2.24, 2.45) is 5.41 Å². The molecule has 2 amide bonds. The summed E-state index contributed by atoms with van der Waals surface area (Å²) in [4.78, 5) is 38.9. The van der Waals surface area contributed by atoms with Crippen LogP contribution < -0.4 is 5.32 Å². The molecular formula is C27H34N2O5. The summed E-state index contributed by atoms with van der Waals surface area (Å²) >= 11 is 0. The number of alkyl carbamates (subject to hydrolysis) is 1. The maximum atomic E-state index is 13.4. The second-order valence-corrected chi connectivity index (χ2v) is 10.8. The van der Waals surface area contributed by atoms with Crippen LogP contribution in [0.4, 0.5) is 4.79 Å². The summed E-state index contributed by atoms with van der Waals surface area (Å²) in [6.07, 6.45) is -0.709. The number of carboxylic acids is 1. The smallest absolute Gasteiger partial charge is 0.407 e. The third kappa shape index (κ3) is 5.41. The molecule has 0 radical (unpaired) electrons. The Labute approximate surface area is 201 Å². The van der Waals surface area contributed by atoms with Gasteiger partial charge in [-0.25, -0.2) is 4.79 Å². The number of carbonyl (C=O) groups is 3. The van der Waals surface area contributed by atoms with Gasteiger partial charge in [-0.2, -0.15) is 0 Å². The molecule has 0 heterocycles. The first-order valence-electron chi connectivity index (χ1n) is 11.5. The van der Waals surface area contributed by atoms with Gasteiger partial charge in [0.1, 0.15) is 19.2 Å². The van der Waals surface area contributed by atoms with Gasteiger partial charge in [0.05, 0.1) is 0 Å². The topological polar surface area (TPSA) is 95.9 Å². The van der Waals surface area contributed by atoms with Crippen LogP contribution in [0.25, 0.3) is 11.1 Å². The van der Waals surface area contributed by atoms with Crippen LogP contribution in [0.5, 0.6) is 0 Å². The number of benzene rings is 2. The SMILES string of the molecule is CC(C)(C)[C@@H](NC(=O)OCC1c2ccccc2-c2ccccc21)C(=O)N(CC(=O)O)C(C)(C)C. The quantitative estimate of drug-likeness (QED) is 0.646. The van der Waals surface area contributed by atoms with Crippen molar-refractivity contribution in [1.29, 1.82) is 0 Å². The molecule has 182 valence electrons. The second kappa shape index (κ2) is 9.49. The fraction of sp³-hybridized carbons (Fsp3) is 0.444. The zero-order chi connectivity index (χ0) is 25.3. The van der Waals surface area contributed by atoms with Crippen LogP contribution in [0.15, 0.2) is 48.5 Å². The molecule has 0 saturated carbocycles. The molecule has 7 nitrogen and oxygen atoms in total. The zero-order valence-electron chi connectivity index (χ0n) is 20.7. The molecule has 0 saturated heterocycles. The maximum absolute atomic E-state index is 13.4. The molecule has 1 atom stereocenters. The minimum absolute atomic E-state index is 0.0972. The van der Waals surface area contributed by atoms with Gasteiger partial charge < -0.3 is 20.1 Å². The minimum Gasteiger partial charge on any atom is -0.480 e. The molecule has 2 aromatic rings. The summed E-state index contributed by atoms with van der Waals surface area (Å²) in [5.41, 5.74) is 3.06. The highest BCUT2D eigenvalue weighted by Gasteiger charge is 2.40. The third-order valence-corrected chi connectivity index (χ3v) is 6.09. The van der Waals surface area contributed by atoms with Gasteiger partial charge in [-0.3, -0.25) is 9.59 Å². The lowest BCUT2D eigenvalue weighted by Crippen LogP contribution is -2.59. The predicted octanol–water partition coefficient (Wildman–Crippen LogP) is 4.65. The van der Waals surface area contributed by atoms with Gasteiger partial charge in [0.2, 0.25) is 5.91 Å². The Hall–Kier alpha value is -3.35. The van der Waals surface area contributed by atoms with Crippen LogP contribution in [-0.2, 0) is 14.3 Å². The Morgan fingerprint density at radius 1 is 0.941 bits per heavy atom. The first-order chi connectivity index (χ1) is 15.8. The number of hydrogen-bond acceptors (Lipinski definition) is 4. The van der Waals surface area contributed by atoms with E-state index < -0.39 is 41.5 Å². The number of fused-ring (bicyclic) bond motifs is 3. The lowest BCUT2D eigenvalue weighted by atomic mass is 9.85. The molecule has 0 unspecified atom stereocenters. The van der Waals surface area contributed by atoms with E-state index in [2.05, 4.69) is 17.4 Å². The number of carboxylic acid groups (broad SMARTS) is 1. The first-order valence-corrected chi connectivity index (χ1v) is 11.5. The van der Waals surface area contributed by atoms with Crippen LogP contribution >= 0.6 is 0 Å². The fourth-order valence-corrected chi connectivity index (χ4v) is 4.34. The summed E-state index contributed by atoms with van der Waals surface area (Å²) < 4.78 is 5.62. The van der Waals surface area contributed by atoms with E-state index in [-0.39, 0.29) is 12.5 Å². The van der Waals surface area contributed by atoms with Crippen molar-refractivity contribution in [3.8, 4) is 11.1 Å². The van der Waals surface area contributed by atoms with Crippen molar-refractivity contribution in [3.05, 3.63) is 59.7 Å². The lowest BCUT2D eigenvalue weighted by molar-refractivity contribution is -0.150. The largest absolute Gasteiger partial charge is 0.480 e. The Morgan fingerprint density at radius 2 is 1.44 bits per heavy atom. The Bertz CT molecular complexity index is 1040. The molecule has 2 aromatic carbocycles. The van der Waals surface area contributed by atoms with Gasteiger partial charge in [-0.1, -0.05) is 69.3 Å². The number of nitrogens with one attached hydrogen (secondary N) is 1. The normalized spacial score (nSPS) is 14.1. The Morgan fingerprint density at radius 3 is 1.88 bits per heavy atom. The van der Waals surface area contributed by atoms with Gasteiger partial charge in [0.15, 0.2) is 0 Å². The maximum Gasteiger partial charge on any atom is 0.407 e. The number of hydrogen-bond donors (Lipinski definition) is 2. The van der Waals surface area contributed by atoms with E-state index in [0.717, 1.165) is 22.3 Å². The fourth-order valence-electron chi connectivity index (χ4n) is 4.34. The van der Waals surface area contributed by atoms with Crippen molar-refractivity contribution in [3.63, 3.8) is 0 Å². The monoisotopic (exact) mass is 466 g/mol. The average molecular weight is 467 g/mol. The molecular weight excluding hydrogens is 432 g/mol. The van der Waals surface area contributed by atoms with E-state index in [9.17, 15) is 19.5 Å². The summed E-state index contributed by atoms with van der Waals surface area (Å²) in [7, 11) is 0. The van der Waals surface area contributed by atoms with Gasteiger partial charge >= 0.3 is 12.1 Å². The summed E-state index contributed by atoms with van der Waals surface area (Å²) in [6.45, 7) is 10.4. The van der Waals surface area contributed by atoms with Crippen molar-refractivity contribution >= 4 is 18.0 Å². The molecule has 0 fully saturated rings. The standard InChI is InChI=1S/C27H34N2O5/c1-26(2,3)23(24(32)29(15-22(30)31)27(4,5)6)28-25(33)34-16-21-19-13-9-7-11-17(19)18-12-8-10-14-20(18)21/h7-14,21,23H,15-16H2,1-6H3,(H,28,33)(H,30,31)/t23-/m0/s1. The van der Waals surface area contributed by atoms with Crippen molar-refractivity contribution < 1.29 is 24.2 Å². The van der Waals surface area contributed by atoms with E-state index in [0.29, 0.717) is 0 Å². The Kier molecular flexibility index (Phi) is 7.05. The predicted molar refractivity (Wildman–Crippen MR) is 131 cm³/mol. The number of aliphatic carboxylic acids is 1.